The standard InChI is InChI=1S/C67H121NO18/c1-3-5-7-9-11-13-15-17-18-19-20-21-22-23-24-25-26-27-28-29-30-31-32-33-34-36-38-40-42-44-51(72)50(68-55(73)45-43-41-39-37-35-16-14-12-10-8-6-4-2)49-81-65-61(79)58(76)63(53(47-70)83-65)86-67-62(80)59(77)64(54(48-71)84-67)85-66-60(78)57(75)56(74)52(46-69)82-66/h12,14,30-31,34,36,42,44,50-54,56-67,69-72,74-80H,3-11,13,15-29,32-33,35,37-41,43,45-49H2,1-2H3,(H,68,73)/b14-12-,31-30+,36-34+,44-42+. The number of hydrogen-bond donors (Lipinski definition) is 12. The largest absolute Gasteiger partial charge is 0.394 e. The van der Waals surface area contributed by atoms with E-state index in [0.717, 1.165) is 64.2 Å². The molecule has 0 spiro atoms. The normalized spacial score (nSPS) is 29.1. The van der Waals surface area contributed by atoms with Crippen molar-refractivity contribution in [2.24, 2.45) is 0 Å². The number of aliphatic hydroxyl groups is 11. The van der Waals surface area contributed by atoms with E-state index in [0.29, 0.717) is 12.8 Å². The Kier molecular flexibility index (Phi) is 44.8. The lowest BCUT2D eigenvalue weighted by Crippen LogP contribution is -2.66. The molecular formula is C67H121NO18. The van der Waals surface area contributed by atoms with Crippen LogP contribution < -0.4 is 5.32 Å². The van der Waals surface area contributed by atoms with Crippen molar-refractivity contribution < 1.29 is 89.4 Å². The van der Waals surface area contributed by atoms with Gasteiger partial charge in [0.25, 0.3) is 0 Å². The number of ether oxygens (including phenoxy) is 6. The van der Waals surface area contributed by atoms with Gasteiger partial charge in [0.05, 0.1) is 38.6 Å². The van der Waals surface area contributed by atoms with Gasteiger partial charge in [-0.05, 0) is 70.6 Å². The summed E-state index contributed by atoms with van der Waals surface area (Å²) in [6, 6.07) is -1.00. The fourth-order valence-electron chi connectivity index (χ4n) is 11.3. The molecule has 86 heavy (non-hydrogen) atoms. The van der Waals surface area contributed by atoms with Crippen molar-refractivity contribution in [2.45, 2.75) is 343 Å². The average Bonchev–Trinajstić information content (AvgIpc) is 1.54. The zero-order valence-electron chi connectivity index (χ0n) is 52.8. The Balaban J connectivity index is 1.43. The van der Waals surface area contributed by atoms with Gasteiger partial charge >= 0.3 is 0 Å². The zero-order chi connectivity index (χ0) is 62.6. The van der Waals surface area contributed by atoms with Crippen LogP contribution >= 0.6 is 0 Å². The smallest absolute Gasteiger partial charge is 0.220 e. The third kappa shape index (κ3) is 31.7. The van der Waals surface area contributed by atoms with Crippen LogP contribution in [0.4, 0.5) is 0 Å². The van der Waals surface area contributed by atoms with E-state index in [1.807, 2.05) is 6.08 Å². The Morgan fingerprint density at radius 2 is 0.744 bits per heavy atom. The maximum atomic E-state index is 13.3. The molecule has 19 nitrogen and oxygen atoms in total. The lowest BCUT2D eigenvalue weighted by atomic mass is 9.96. The van der Waals surface area contributed by atoms with Gasteiger partial charge in [0, 0.05) is 6.42 Å². The Morgan fingerprint density at radius 3 is 1.19 bits per heavy atom. The highest BCUT2D eigenvalue weighted by atomic mass is 16.8. The number of nitrogens with one attached hydrogen (secondary N) is 1. The molecule has 19 heteroatoms. The molecule has 0 aromatic carbocycles. The summed E-state index contributed by atoms with van der Waals surface area (Å²) in [4.78, 5) is 13.3. The van der Waals surface area contributed by atoms with Gasteiger partial charge in [-0.3, -0.25) is 4.79 Å². The quantitative estimate of drug-likeness (QED) is 0.0202. The van der Waals surface area contributed by atoms with E-state index < -0.39 is 124 Å². The van der Waals surface area contributed by atoms with Gasteiger partial charge in [-0.2, -0.15) is 0 Å². The molecule has 17 unspecified atom stereocenters. The van der Waals surface area contributed by atoms with E-state index in [1.54, 1.807) is 6.08 Å². The summed E-state index contributed by atoms with van der Waals surface area (Å²) in [5.74, 6) is -0.300. The van der Waals surface area contributed by atoms with Crippen LogP contribution in [-0.2, 0) is 33.2 Å². The first-order valence-corrected chi connectivity index (χ1v) is 33.9. The third-order valence-corrected chi connectivity index (χ3v) is 16.8. The van der Waals surface area contributed by atoms with Crippen LogP contribution in [0.5, 0.6) is 0 Å². The summed E-state index contributed by atoms with van der Waals surface area (Å²) in [7, 11) is 0. The lowest BCUT2D eigenvalue weighted by molar-refractivity contribution is -0.379. The molecule has 0 aliphatic carbocycles. The molecule has 502 valence electrons. The van der Waals surface area contributed by atoms with E-state index in [-0.39, 0.29) is 18.9 Å². The second kappa shape index (κ2) is 49.5. The molecule has 1 amide bonds. The number of carbonyl (C=O) groups excluding carboxylic acids is 1. The highest BCUT2D eigenvalue weighted by molar-refractivity contribution is 5.76. The monoisotopic (exact) mass is 1230 g/mol. The second-order valence-corrected chi connectivity index (χ2v) is 24.3. The lowest BCUT2D eigenvalue weighted by Gasteiger charge is -2.48. The predicted octanol–water partition coefficient (Wildman–Crippen LogP) is 8.22. The van der Waals surface area contributed by atoms with Crippen molar-refractivity contribution in [2.75, 3.05) is 26.4 Å². The van der Waals surface area contributed by atoms with Gasteiger partial charge in [-0.15, -0.1) is 0 Å². The van der Waals surface area contributed by atoms with Crippen LogP contribution in [0.2, 0.25) is 0 Å². The first kappa shape index (κ1) is 78.0. The number of carbonyl (C=O) groups is 1. The van der Waals surface area contributed by atoms with Crippen LogP contribution in [0, 0.1) is 0 Å². The molecule has 3 aliphatic heterocycles. The molecule has 3 aliphatic rings. The van der Waals surface area contributed by atoms with Gasteiger partial charge in [-0.1, -0.05) is 210 Å². The van der Waals surface area contributed by atoms with Gasteiger partial charge in [-0.25, -0.2) is 0 Å². The fraction of sp³-hybridized carbons (Fsp3) is 0.866. The highest BCUT2D eigenvalue weighted by Gasteiger charge is 2.53. The molecule has 3 heterocycles. The molecular weight excluding hydrogens is 1110 g/mol. The average molecular weight is 1230 g/mol. The summed E-state index contributed by atoms with van der Waals surface area (Å²) >= 11 is 0. The highest BCUT2D eigenvalue weighted by Crippen LogP contribution is 2.33. The first-order valence-electron chi connectivity index (χ1n) is 33.9. The summed E-state index contributed by atoms with van der Waals surface area (Å²) in [5.41, 5.74) is 0. The Hall–Kier alpha value is -2.25. The van der Waals surface area contributed by atoms with Crippen molar-refractivity contribution in [3.05, 3.63) is 48.6 Å². The molecule has 3 fully saturated rings. The van der Waals surface area contributed by atoms with E-state index in [9.17, 15) is 61.0 Å². The van der Waals surface area contributed by atoms with E-state index in [1.165, 1.54) is 141 Å². The molecule has 3 rings (SSSR count). The predicted molar refractivity (Wildman–Crippen MR) is 332 cm³/mol. The number of unbranched alkanes of at least 4 members (excludes halogenated alkanes) is 29. The van der Waals surface area contributed by atoms with Crippen LogP contribution in [0.15, 0.2) is 48.6 Å². The minimum Gasteiger partial charge on any atom is -0.394 e. The van der Waals surface area contributed by atoms with Gasteiger partial charge < -0.3 is 89.9 Å². The van der Waals surface area contributed by atoms with Gasteiger partial charge in [0.2, 0.25) is 5.91 Å². The summed E-state index contributed by atoms with van der Waals surface area (Å²) < 4.78 is 34.2. The maximum absolute atomic E-state index is 13.3. The number of hydrogen-bond acceptors (Lipinski definition) is 18. The maximum Gasteiger partial charge on any atom is 0.220 e. The molecule has 0 radical (unpaired) electrons. The van der Waals surface area contributed by atoms with Crippen molar-refractivity contribution in [3.8, 4) is 0 Å². The Bertz CT molecular complexity index is 1750. The number of aliphatic hydroxyl groups excluding tert-OH is 11. The second-order valence-electron chi connectivity index (χ2n) is 24.3. The molecule has 17 atom stereocenters. The number of amides is 1. The first-order chi connectivity index (χ1) is 41.8. The van der Waals surface area contributed by atoms with Crippen molar-refractivity contribution >= 4 is 5.91 Å². The van der Waals surface area contributed by atoms with Crippen LogP contribution in [0.25, 0.3) is 0 Å². The Morgan fingerprint density at radius 1 is 0.407 bits per heavy atom. The molecule has 3 saturated heterocycles. The van der Waals surface area contributed by atoms with Gasteiger partial charge in [0.15, 0.2) is 18.9 Å². The van der Waals surface area contributed by atoms with Crippen molar-refractivity contribution in [1.29, 1.82) is 0 Å². The number of rotatable bonds is 51. The molecule has 0 bridgehead atoms. The summed E-state index contributed by atoms with van der Waals surface area (Å²) in [6.07, 6.45) is 31.2. The molecule has 0 aromatic rings. The summed E-state index contributed by atoms with van der Waals surface area (Å²) in [6.45, 7) is 1.67. The van der Waals surface area contributed by atoms with Crippen LogP contribution in [-0.4, -0.2) is 193 Å². The van der Waals surface area contributed by atoms with Crippen molar-refractivity contribution in [3.63, 3.8) is 0 Å². The van der Waals surface area contributed by atoms with Crippen molar-refractivity contribution in [1.82, 2.24) is 5.32 Å². The number of allylic oxidation sites excluding steroid dienone is 7. The molecule has 0 aromatic heterocycles. The SMILES string of the molecule is CCCCC/C=C\CCCCCCCC(=O)NC(COC1OC(CO)C(OC2OC(CO)C(OC3OC(CO)C(O)C(O)C3O)C(O)C2O)C(O)C1O)C(O)/C=C/CC/C=C/CC/C=C/CCCCCCCCCCCCCCCCCCCCC. The topological polar surface area (TPSA) is 307 Å². The minimum atomic E-state index is -1.98. The summed E-state index contributed by atoms with van der Waals surface area (Å²) in [5, 5.41) is 120. The van der Waals surface area contributed by atoms with E-state index in [2.05, 4.69) is 55.6 Å². The van der Waals surface area contributed by atoms with Gasteiger partial charge in [0.1, 0.15) is 73.2 Å². The molecule has 12 N–H and O–H groups in total. The third-order valence-electron chi connectivity index (χ3n) is 16.8. The van der Waals surface area contributed by atoms with E-state index >= 15 is 0 Å². The Labute approximate surface area is 516 Å². The minimum absolute atomic E-state index is 0.221. The van der Waals surface area contributed by atoms with Crippen LogP contribution in [0.1, 0.15) is 239 Å². The van der Waals surface area contributed by atoms with E-state index in [4.69, 9.17) is 28.4 Å². The fourth-order valence-corrected chi connectivity index (χ4v) is 11.3. The van der Waals surface area contributed by atoms with Crippen LogP contribution in [0.3, 0.4) is 0 Å². The molecule has 0 saturated carbocycles. The zero-order valence-corrected chi connectivity index (χ0v) is 52.8.